The molecule has 2 aliphatic rings. The number of hydrogen-bond donors (Lipinski definition) is 1. The third-order valence-electron chi connectivity index (χ3n) is 3.35. The van der Waals surface area contributed by atoms with Gasteiger partial charge in [0.1, 0.15) is 0 Å². The highest BCUT2D eigenvalue weighted by Gasteiger charge is 2.39. The fourth-order valence-electron chi connectivity index (χ4n) is 2.31. The largest absolute Gasteiger partial charge is 0.370 e. The summed E-state index contributed by atoms with van der Waals surface area (Å²) in [4.78, 5) is 6.32. The molecule has 1 unspecified atom stereocenters. The van der Waals surface area contributed by atoms with Crippen molar-refractivity contribution in [3.05, 3.63) is 0 Å². The highest BCUT2D eigenvalue weighted by Crippen LogP contribution is 2.38. The first-order valence-corrected chi connectivity index (χ1v) is 7.23. The summed E-state index contributed by atoms with van der Waals surface area (Å²) in [5.74, 6) is 0.190. The average Bonchev–Trinajstić information content (AvgIpc) is 2.67. The van der Waals surface area contributed by atoms with Crippen molar-refractivity contribution in [3.8, 4) is 0 Å². The Bertz CT molecular complexity index is 290. The first kappa shape index (κ1) is 12.9. The number of halogens is 2. The van der Waals surface area contributed by atoms with Crippen molar-refractivity contribution in [1.82, 2.24) is 4.90 Å². The van der Waals surface area contributed by atoms with Crippen LogP contribution in [0.1, 0.15) is 19.3 Å². The van der Waals surface area contributed by atoms with Gasteiger partial charge in [0.05, 0.1) is 0 Å². The van der Waals surface area contributed by atoms with Crippen molar-refractivity contribution in [2.75, 3.05) is 31.1 Å². The summed E-state index contributed by atoms with van der Waals surface area (Å²) >= 11 is 1.91. The second kappa shape index (κ2) is 5.42. The fourth-order valence-corrected chi connectivity index (χ4v) is 3.22. The maximum absolute atomic E-state index is 13.0. The summed E-state index contributed by atoms with van der Waals surface area (Å²) in [7, 11) is 0. The number of guanidine groups is 1. The monoisotopic (exact) mass is 263 g/mol. The molecule has 0 radical (unpaired) electrons. The van der Waals surface area contributed by atoms with Gasteiger partial charge in [0.25, 0.3) is 0 Å². The van der Waals surface area contributed by atoms with E-state index in [2.05, 4.69) is 4.99 Å². The molecule has 1 atom stereocenters. The maximum Gasteiger partial charge on any atom is 0.248 e. The van der Waals surface area contributed by atoms with Gasteiger partial charge in [0.2, 0.25) is 5.92 Å². The molecule has 1 aliphatic heterocycles. The third-order valence-corrected chi connectivity index (χ3v) is 4.29. The zero-order valence-corrected chi connectivity index (χ0v) is 10.7. The summed E-state index contributed by atoms with van der Waals surface area (Å²) in [6.07, 6.45) is 0.548. The Hall–Kier alpha value is -0.520. The molecule has 3 nitrogen and oxygen atoms in total. The second-order valence-corrected chi connectivity index (χ2v) is 5.99. The summed E-state index contributed by atoms with van der Waals surface area (Å²) in [5.41, 5.74) is 5.87. The van der Waals surface area contributed by atoms with Crippen molar-refractivity contribution in [2.45, 2.75) is 25.2 Å². The lowest BCUT2D eigenvalue weighted by Crippen LogP contribution is -2.42. The molecule has 2 N–H and O–H groups in total. The molecule has 0 bridgehead atoms. The fraction of sp³-hybridized carbons (Fsp3) is 0.909. The molecule has 98 valence electrons. The van der Waals surface area contributed by atoms with Crippen LogP contribution >= 0.6 is 11.8 Å². The van der Waals surface area contributed by atoms with Gasteiger partial charge in [0, 0.05) is 44.0 Å². The molecule has 0 aromatic rings. The summed E-state index contributed by atoms with van der Waals surface area (Å²) in [6.45, 7) is 2.28. The Labute approximate surface area is 105 Å². The molecule has 0 spiro atoms. The minimum absolute atomic E-state index is 0.00251. The Morgan fingerprint density at radius 2 is 2.12 bits per heavy atom. The molecule has 1 aliphatic carbocycles. The van der Waals surface area contributed by atoms with Crippen LogP contribution in [0.3, 0.4) is 0 Å². The predicted molar refractivity (Wildman–Crippen MR) is 67.7 cm³/mol. The normalized spacial score (nSPS) is 29.6. The quantitative estimate of drug-likeness (QED) is 0.610. The van der Waals surface area contributed by atoms with Gasteiger partial charge < -0.3 is 10.6 Å². The topological polar surface area (TPSA) is 41.6 Å². The molecule has 2 fully saturated rings. The van der Waals surface area contributed by atoms with E-state index in [1.54, 1.807) is 0 Å². The van der Waals surface area contributed by atoms with E-state index >= 15 is 0 Å². The number of nitrogens with zero attached hydrogens (tertiary/aromatic N) is 2. The number of rotatable bonds is 2. The van der Waals surface area contributed by atoms with Gasteiger partial charge in [-0.3, -0.25) is 4.99 Å². The van der Waals surface area contributed by atoms with Crippen LogP contribution in [-0.4, -0.2) is 47.9 Å². The van der Waals surface area contributed by atoms with E-state index in [4.69, 9.17) is 5.73 Å². The van der Waals surface area contributed by atoms with Crippen molar-refractivity contribution in [1.29, 1.82) is 0 Å². The minimum atomic E-state index is -2.48. The summed E-state index contributed by atoms with van der Waals surface area (Å²) in [5, 5.41) is 0. The number of nitrogens with two attached hydrogens (primary N) is 1. The van der Waals surface area contributed by atoms with Crippen molar-refractivity contribution >= 4 is 17.7 Å². The Morgan fingerprint density at radius 1 is 1.41 bits per heavy atom. The van der Waals surface area contributed by atoms with Crippen LogP contribution in [0.25, 0.3) is 0 Å². The number of hydrogen-bond acceptors (Lipinski definition) is 2. The predicted octanol–water partition coefficient (Wildman–Crippen LogP) is 1.79. The van der Waals surface area contributed by atoms with Gasteiger partial charge in [-0.15, -0.1) is 0 Å². The van der Waals surface area contributed by atoms with Crippen molar-refractivity contribution in [3.63, 3.8) is 0 Å². The number of alkyl halides is 2. The molecule has 1 saturated heterocycles. The molecule has 0 amide bonds. The first-order valence-electron chi connectivity index (χ1n) is 6.07. The standard InChI is InChI=1S/C11H19F2N3S/c12-11(13)2-1-9(7-11)8-15-10(14)16-3-5-17-6-4-16/h9H,1-8H2,(H2,14,15). The van der Waals surface area contributed by atoms with Crippen LogP contribution in [0.4, 0.5) is 8.78 Å². The first-order chi connectivity index (χ1) is 8.07. The zero-order valence-electron chi connectivity index (χ0n) is 9.87. The average molecular weight is 263 g/mol. The zero-order chi connectivity index (χ0) is 12.3. The van der Waals surface area contributed by atoms with E-state index < -0.39 is 5.92 Å². The Balaban J connectivity index is 1.79. The van der Waals surface area contributed by atoms with Crippen LogP contribution in [0, 0.1) is 5.92 Å². The Morgan fingerprint density at radius 3 is 2.71 bits per heavy atom. The highest BCUT2D eigenvalue weighted by molar-refractivity contribution is 7.99. The van der Waals surface area contributed by atoms with Crippen molar-refractivity contribution < 1.29 is 8.78 Å². The van der Waals surface area contributed by atoms with Gasteiger partial charge in [-0.1, -0.05) is 0 Å². The molecule has 0 aromatic heterocycles. The SMILES string of the molecule is NC(=NCC1CCC(F)(F)C1)N1CCSCC1. The van der Waals surface area contributed by atoms with E-state index in [1.165, 1.54) is 0 Å². The smallest absolute Gasteiger partial charge is 0.248 e. The molecule has 17 heavy (non-hydrogen) atoms. The second-order valence-electron chi connectivity index (χ2n) is 4.76. The van der Waals surface area contributed by atoms with Crippen LogP contribution in [0.5, 0.6) is 0 Å². The van der Waals surface area contributed by atoms with Crippen LogP contribution in [0.15, 0.2) is 4.99 Å². The molecular weight excluding hydrogens is 244 g/mol. The molecular formula is C11H19F2N3S. The molecule has 1 heterocycles. The van der Waals surface area contributed by atoms with E-state index in [0.29, 0.717) is 18.9 Å². The summed E-state index contributed by atoms with van der Waals surface area (Å²) in [6, 6.07) is 0. The maximum atomic E-state index is 13.0. The highest BCUT2D eigenvalue weighted by atomic mass is 32.2. The van der Waals surface area contributed by atoms with Crippen molar-refractivity contribution in [2.24, 2.45) is 16.6 Å². The van der Waals surface area contributed by atoms with E-state index in [1.807, 2.05) is 16.7 Å². The molecule has 1 saturated carbocycles. The van der Waals surface area contributed by atoms with Gasteiger partial charge in [-0.05, 0) is 12.3 Å². The lowest BCUT2D eigenvalue weighted by Gasteiger charge is -2.27. The van der Waals surface area contributed by atoms with Gasteiger partial charge in [-0.2, -0.15) is 11.8 Å². The van der Waals surface area contributed by atoms with Gasteiger partial charge in [0.15, 0.2) is 5.96 Å². The lowest BCUT2D eigenvalue weighted by molar-refractivity contribution is 0.00541. The lowest BCUT2D eigenvalue weighted by atomic mass is 10.1. The van der Waals surface area contributed by atoms with E-state index in [-0.39, 0.29) is 18.8 Å². The van der Waals surface area contributed by atoms with E-state index in [9.17, 15) is 8.78 Å². The Kier molecular flexibility index (Phi) is 4.12. The molecule has 2 rings (SSSR count). The van der Waals surface area contributed by atoms with Crippen LogP contribution in [0.2, 0.25) is 0 Å². The number of aliphatic imine (C=N–C) groups is 1. The number of thioether (sulfide) groups is 1. The van der Waals surface area contributed by atoms with E-state index in [0.717, 1.165) is 24.6 Å². The van der Waals surface area contributed by atoms with Gasteiger partial charge in [-0.25, -0.2) is 8.78 Å². The minimum Gasteiger partial charge on any atom is -0.370 e. The van der Waals surface area contributed by atoms with Crippen LogP contribution in [-0.2, 0) is 0 Å². The van der Waals surface area contributed by atoms with Crippen LogP contribution < -0.4 is 5.73 Å². The molecule has 6 heteroatoms. The van der Waals surface area contributed by atoms with Gasteiger partial charge >= 0.3 is 0 Å². The third kappa shape index (κ3) is 3.72. The summed E-state index contributed by atoms with van der Waals surface area (Å²) < 4.78 is 26.0. The molecule has 0 aromatic carbocycles.